The molecule has 1 atom stereocenters. The molecule has 0 saturated carbocycles. The number of aryl methyl sites for hydroxylation is 2. The number of rotatable bonds is 5. The maximum atomic E-state index is 5.66. The number of hydrogen-bond acceptors (Lipinski definition) is 4. The quantitative estimate of drug-likeness (QED) is 0.586. The fourth-order valence-corrected chi connectivity index (χ4v) is 1.95. The first-order chi connectivity index (χ1) is 8.27. The van der Waals surface area contributed by atoms with Gasteiger partial charge in [-0.3, -0.25) is 10.5 Å². The Labute approximate surface area is 100 Å². The van der Waals surface area contributed by atoms with E-state index in [1.54, 1.807) is 12.5 Å². The second-order valence-electron chi connectivity index (χ2n) is 4.01. The van der Waals surface area contributed by atoms with E-state index in [9.17, 15) is 0 Å². The summed E-state index contributed by atoms with van der Waals surface area (Å²) in [5.74, 6) is 5.66. The highest BCUT2D eigenvalue weighted by Crippen LogP contribution is 2.20. The summed E-state index contributed by atoms with van der Waals surface area (Å²) in [4.78, 5) is 4.11. The van der Waals surface area contributed by atoms with Crippen LogP contribution in [-0.2, 0) is 13.6 Å². The molecule has 0 bridgehead atoms. The lowest BCUT2D eigenvalue weighted by atomic mass is 10.1. The first-order valence-corrected chi connectivity index (χ1v) is 5.72. The Morgan fingerprint density at radius 1 is 1.47 bits per heavy atom. The van der Waals surface area contributed by atoms with Gasteiger partial charge in [0.1, 0.15) is 6.04 Å². The molecule has 2 rings (SSSR count). The maximum Gasteiger partial charge on any atom is 0.104 e. The molecule has 3 N–H and O–H groups in total. The average molecular weight is 234 g/mol. The number of hydrogen-bond donors (Lipinski definition) is 2. The van der Waals surface area contributed by atoms with E-state index < -0.39 is 0 Å². The highest BCUT2D eigenvalue weighted by Gasteiger charge is 2.19. The summed E-state index contributed by atoms with van der Waals surface area (Å²) in [6.45, 7) is 3.01. The van der Waals surface area contributed by atoms with Gasteiger partial charge >= 0.3 is 0 Å². The number of nitrogens with one attached hydrogen (secondary N) is 1. The second-order valence-corrected chi connectivity index (χ2v) is 4.01. The first kappa shape index (κ1) is 11.8. The molecule has 0 fully saturated rings. The number of nitrogens with two attached hydrogens (primary N) is 1. The largest absolute Gasteiger partial charge is 0.336 e. The molecule has 0 aromatic carbocycles. The summed E-state index contributed by atoms with van der Waals surface area (Å²) in [6.07, 6.45) is 6.41. The highest BCUT2D eigenvalue weighted by molar-refractivity contribution is 5.20. The number of nitrogens with zero attached hydrogens (tertiary/aromatic N) is 4. The molecular formula is C11H18N6. The van der Waals surface area contributed by atoms with Crippen LogP contribution in [0.25, 0.3) is 0 Å². The van der Waals surface area contributed by atoms with Crippen LogP contribution in [0.2, 0.25) is 0 Å². The van der Waals surface area contributed by atoms with Gasteiger partial charge in [0.25, 0.3) is 0 Å². The van der Waals surface area contributed by atoms with Gasteiger partial charge in [-0.2, -0.15) is 5.10 Å². The zero-order valence-corrected chi connectivity index (χ0v) is 10.2. The van der Waals surface area contributed by atoms with Gasteiger partial charge in [0.2, 0.25) is 0 Å². The first-order valence-electron chi connectivity index (χ1n) is 5.72. The summed E-state index contributed by atoms with van der Waals surface area (Å²) >= 11 is 0. The van der Waals surface area contributed by atoms with E-state index in [4.69, 9.17) is 5.84 Å². The van der Waals surface area contributed by atoms with Crippen LogP contribution in [0.4, 0.5) is 0 Å². The molecule has 0 aliphatic heterocycles. The van der Waals surface area contributed by atoms with E-state index >= 15 is 0 Å². The molecule has 6 heteroatoms. The SMILES string of the molecule is CCCn1nccc1C(NN)c1cncn1C. The van der Waals surface area contributed by atoms with Crippen molar-refractivity contribution >= 4 is 0 Å². The predicted molar refractivity (Wildman–Crippen MR) is 64.9 cm³/mol. The van der Waals surface area contributed by atoms with Gasteiger partial charge in [0.15, 0.2) is 0 Å². The third kappa shape index (κ3) is 2.22. The Morgan fingerprint density at radius 3 is 2.88 bits per heavy atom. The van der Waals surface area contributed by atoms with Gasteiger partial charge in [-0.15, -0.1) is 0 Å². The van der Waals surface area contributed by atoms with Crippen LogP contribution in [-0.4, -0.2) is 19.3 Å². The van der Waals surface area contributed by atoms with Crippen LogP contribution in [0.5, 0.6) is 0 Å². The zero-order chi connectivity index (χ0) is 12.3. The highest BCUT2D eigenvalue weighted by atomic mass is 15.3. The summed E-state index contributed by atoms with van der Waals surface area (Å²) in [5, 5.41) is 4.31. The summed E-state index contributed by atoms with van der Waals surface area (Å²) in [7, 11) is 1.95. The molecule has 0 radical (unpaired) electrons. The summed E-state index contributed by atoms with van der Waals surface area (Å²) in [6, 6.07) is 1.89. The lowest BCUT2D eigenvalue weighted by Gasteiger charge is -2.17. The topological polar surface area (TPSA) is 73.7 Å². The fraction of sp³-hybridized carbons (Fsp3) is 0.455. The smallest absolute Gasteiger partial charge is 0.104 e. The molecule has 0 amide bonds. The Balaban J connectivity index is 2.35. The van der Waals surface area contributed by atoms with Crippen molar-refractivity contribution in [3.8, 4) is 0 Å². The van der Waals surface area contributed by atoms with Gasteiger partial charge < -0.3 is 4.57 Å². The molecule has 2 aromatic heterocycles. The fourth-order valence-electron chi connectivity index (χ4n) is 1.95. The number of imidazole rings is 1. The van der Waals surface area contributed by atoms with Crippen LogP contribution in [0.3, 0.4) is 0 Å². The Morgan fingerprint density at radius 2 is 2.29 bits per heavy atom. The minimum atomic E-state index is -0.0865. The number of hydrazine groups is 1. The standard InChI is InChI=1S/C11H18N6/c1-3-6-17-9(4-5-14-17)11(15-12)10-7-13-8-16(10)2/h4-5,7-8,11,15H,3,6,12H2,1-2H3. The van der Waals surface area contributed by atoms with Gasteiger partial charge in [0, 0.05) is 19.8 Å². The molecule has 0 aliphatic rings. The molecule has 2 heterocycles. The minimum absolute atomic E-state index is 0.0865. The van der Waals surface area contributed by atoms with Crippen molar-refractivity contribution in [3.63, 3.8) is 0 Å². The molecule has 17 heavy (non-hydrogen) atoms. The van der Waals surface area contributed by atoms with E-state index in [1.165, 1.54) is 0 Å². The van der Waals surface area contributed by atoms with Crippen molar-refractivity contribution in [2.45, 2.75) is 25.9 Å². The van der Waals surface area contributed by atoms with E-state index in [1.807, 2.05) is 28.6 Å². The van der Waals surface area contributed by atoms with Gasteiger partial charge in [0.05, 0.1) is 23.9 Å². The van der Waals surface area contributed by atoms with Crippen molar-refractivity contribution in [2.75, 3.05) is 0 Å². The van der Waals surface area contributed by atoms with Gasteiger partial charge in [-0.25, -0.2) is 10.4 Å². The van der Waals surface area contributed by atoms with Crippen molar-refractivity contribution < 1.29 is 0 Å². The van der Waals surface area contributed by atoms with Crippen LogP contribution in [0.15, 0.2) is 24.8 Å². The van der Waals surface area contributed by atoms with Gasteiger partial charge in [-0.05, 0) is 12.5 Å². The molecule has 92 valence electrons. The van der Waals surface area contributed by atoms with Crippen molar-refractivity contribution in [1.82, 2.24) is 24.8 Å². The Hall–Kier alpha value is -1.66. The average Bonchev–Trinajstić information content (AvgIpc) is 2.92. The molecule has 0 saturated heterocycles. The van der Waals surface area contributed by atoms with E-state index in [2.05, 4.69) is 22.4 Å². The molecule has 1 unspecified atom stereocenters. The third-order valence-corrected chi connectivity index (χ3v) is 2.80. The van der Waals surface area contributed by atoms with Crippen LogP contribution in [0.1, 0.15) is 30.8 Å². The Kier molecular flexibility index (Phi) is 3.55. The maximum absolute atomic E-state index is 5.66. The lowest BCUT2D eigenvalue weighted by Crippen LogP contribution is -2.32. The molecular weight excluding hydrogens is 216 g/mol. The molecule has 0 aliphatic carbocycles. The molecule has 6 nitrogen and oxygen atoms in total. The summed E-state index contributed by atoms with van der Waals surface area (Å²) in [5.41, 5.74) is 4.90. The second kappa shape index (κ2) is 5.11. The lowest BCUT2D eigenvalue weighted by molar-refractivity contribution is 0.507. The monoisotopic (exact) mass is 234 g/mol. The van der Waals surface area contributed by atoms with Crippen LogP contribution >= 0.6 is 0 Å². The summed E-state index contributed by atoms with van der Waals surface area (Å²) < 4.78 is 3.92. The predicted octanol–water partition coefficient (Wildman–Crippen LogP) is 0.579. The molecule has 0 spiro atoms. The minimum Gasteiger partial charge on any atom is -0.336 e. The zero-order valence-electron chi connectivity index (χ0n) is 10.2. The van der Waals surface area contributed by atoms with Gasteiger partial charge in [-0.1, -0.05) is 6.92 Å². The van der Waals surface area contributed by atoms with E-state index in [0.717, 1.165) is 24.4 Å². The van der Waals surface area contributed by atoms with Crippen molar-refractivity contribution in [3.05, 3.63) is 36.2 Å². The van der Waals surface area contributed by atoms with Crippen LogP contribution in [0, 0.1) is 0 Å². The Bertz CT molecular complexity index is 472. The van der Waals surface area contributed by atoms with Crippen LogP contribution < -0.4 is 11.3 Å². The molecule has 2 aromatic rings. The third-order valence-electron chi connectivity index (χ3n) is 2.80. The normalized spacial score (nSPS) is 12.9. The number of aromatic nitrogens is 4. The van der Waals surface area contributed by atoms with E-state index in [0.29, 0.717) is 0 Å². The van der Waals surface area contributed by atoms with Crippen molar-refractivity contribution in [1.29, 1.82) is 0 Å². The van der Waals surface area contributed by atoms with Crippen molar-refractivity contribution in [2.24, 2.45) is 12.9 Å². The van der Waals surface area contributed by atoms with E-state index in [-0.39, 0.29) is 6.04 Å².